The molecule has 0 spiro atoms. The Bertz CT molecular complexity index is 885. The maximum absolute atomic E-state index is 4.87. The summed E-state index contributed by atoms with van der Waals surface area (Å²) in [4.78, 5) is 7.39. The summed E-state index contributed by atoms with van der Waals surface area (Å²) in [5, 5.41) is 8.22. The number of fused-ring (bicyclic) bond motifs is 1. The number of hydrogen-bond donors (Lipinski definition) is 0. The Balaban J connectivity index is 1.41. The highest BCUT2D eigenvalue weighted by Crippen LogP contribution is 2.23. The molecule has 26 heavy (non-hydrogen) atoms. The van der Waals surface area contributed by atoms with E-state index in [2.05, 4.69) is 50.5 Å². The molecule has 1 aliphatic heterocycles. The van der Waals surface area contributed by atoms with Crippen molar-refractivity contribution < 1.29 is 0 Å². The minimum absolute atomic E-state index is 0.696. The molecule has 2 aromatic heterocycles. The van der Waals surface area contributed by atoms with Crippen LogP contribution in [0, 0.1) is 5.92 Å². The highest BCUT2D eigenvalue weighted by atomic mass is 15.2. The fraction of sp³-hybridized carbons (Fsp3) is 0.450. The normalized spacial score (nSPS) is 16.3. The summed E-state index contributed by atoms with van der Waals surface area (Å²) in [5.41, 5.74) is 2.26. The molecule has 0 aliphatic carbocycles. The second kappa shape index (κ2) is 7.41. The van der Waals surface area contributed by atoms with Crippen molar-refractivity contribution in [3.8, 4) is 0 Å². The second-order valence-corrected chi connectivity index (χ2v) is 7.20. The molecule has 0 unspecified atom stereocenters. The predicted molar refractivity (Wildman–Crippen MR) is 103 cm³/mol. The third-order valence-corrected chi connectivity index (χ3v) is 5.39. The quantitative estimate of drug-likeness (QED) is 0.642. The average molecular weight is 350 g/mol. The first-order valence-corrected chi connectivity index (χ1v) is 9.35. The van der Waals surface area contributed by atoms with Crippen molar-refractivity contribution >= 4 is 11.0 Å². The van der Waals surface area contributed by atoms with Gasteiger partial charge in [-0.1, -0.05) is 18.2 Å². The van der Waals surface area contributed by atoms with Crippen LogP contribution in [0.2, 0.25) is 0 Å². The van der Waals surface area contributed by atoms with Crippen molar-refractivity contribution in [2.75, 3.05) is 13.1 Å². The van der Waals surface area contributed by atoms with Gasteiger partial charge < -0.3 is 9.13 Å². The lowest BCUT2D eigenvalue weighted by atomic mass is 9.93. The fourth-order valence-corrected chi connectivity index (χ4v) is 3.88. The number of likely N-dealkylation sites (tertiary alicyclic amines) is 1. The van der Waals surface area contributed by atoms with Crippen LogP contribution in [-0.4, -0.2) is 42.3 Å². The number of hydrogen-bond acceptors (Lipinski definition) is 4. The number of allylic oxidation sites excluding steroid dienone is 1. The molecule has 6 nitrogen and oxygen atoms in total. The van der Waals surface area contributed by atoms with Gasteiger partial charge in [0.2, 0.25) is 0 Å². The van der Waals surface area contributed by atoms with Crippen LogP contribution < -0.4 is 0 Å². The zero-order chi connectivity index (χ0) is 17.9. The van der Waals surface area contributed by atoms with Crippen LogP contribution >= 0.6 is 0 Å². The minimum Gasteiger partial charge on any atom is -0.323 e. The molecular formula is C20H26N6. The third kappa shape index (κ3) is 3.42. The molecule has 0 radical (unpaired) electrons. The molecule has 1 aromatic carbocycles. The lowest BCUT2D eigenvalue weighted by Gasteiger charge is -2.31. The van der Waals surface area contributed by atoms with E-state index in [9.17, 15) is 0 Å². The summed E-state index contributed by atoms with van der Waals surface area (Å²) in [5.74, 6) is 2.93. The summed E-state index contributed by atoms with van der Waals surface area (Å²) >= 11 is 0. The summed E-state index contributed by atoms with van der Waals surface area (Å²) < 4.78 is 4.32. The summed E-state index contributed by atoms with van der Waals surface area (Å²) in [7, 11) is 2.02. The van der Waals surface area contributed by atoms with Crippen molar-refractivity contribution in [2.24, 2.45) is 13.0 Å². The Morgan fingerprint density at radius 1 is 1.19 bits per heavy atom. The molecular weight excluding hydrogens is 324 g/mol. The number of aryl methyl sites for hydroxylation is 1. The molecule has 0 amide bonds. The Kier molecular flexibility index (Phi) is 4.84. The number of benzene rings is 1. The molecule has 3 aromatic rings. The number of para-hydroxylation sites is 2. The van der Waals surface area contributed by atoms with Gasteiger partial charge in [0.15, 0.2) is 0 Å². The van der Waals surface area contributed by atoms with Crippen LogP contribution in [0.25, 0.3) is 11.0 Å². The molecule has 0 bridgehead atoms. The van der Waals surface area contributed by atoms with Gasteiger partial charge in [-0.25, -0.2) is 4.98 Å². The highest BCUT2D eigenvalue weighted by Gasteiger charge is 2.22. The van der Waals surface area contributed by atoms with E-state index in [4.69, 9.17) is 4.98 Å². The third-order valence-electron chi connectivity index (χ3n) is 5.39. The van der Waals surface area contributed by atoms with Gasteiger partial charge in [-0.2, -0.15) is 0 Å². The molecule has 1 aliphatic rings. The Labute approximate surface area is 154 Å². The molecule has 4 rings (SSSR count). The van der Waals surface area contributed by atoms with E-state index in [-0.39, 0.29) is 0 Å². The standard InChI is InChI=1S/C20H26N6/c1-3-10-26-18-7-5-4-6-17(18)22-20(26)14-25-11-8-16(9-12-25)13-19-23-21-15-24(19)2/h3-7,15-16H,1,8-14H2,2H3. The van der Waals surface area contributed by atoms with Crippen LogP contribution in [0.15, 0.2) is 43.2 Å². The van der Waals surface area contributed by atoms with Crippen LogP contribution in [-0.2, 0) is 26.6 Å². The van der Waals surface area contributed by atoms with E-state index in [0.717, 1.165) is 49.8 Å². The van der Waals surface area contributed by atoms with Gasteiger partial charge in [0.25, 0.3) is 0 Å². The van der Waals surface area contributed by atoms with E-state index in [1.807, 2.05) is 17.7 Å². The van der Waals surface area contributed by atoms with Crippen LogP contribution in [0.4, 0.5) is 0 Å². The summed E-state index contributed by atoms with van der Waals surface area (Å²) in [6.45, 7) is 7.84. The topological polar surface area (TPSA) is 51.8 Å². The Morgan fingerprint density at radius 2 is 2.00 bits per heavy atom. The Hall–Kier alpha value is -2.47. The number of piperidine rings is 1. The zero-order valence-corrected chi connectivity index (χ0v) is 15.4. The molecule has 0 N–H and O–H groups in total. The van der Waals surface area contributed by atoms with Gasteiger partial charge in [-0.15, -0.1) is 16.8 Å². The van der Waals surface area contributed by atoms with Gasteiger partial charge >= 0.3 is 0 Å². The number of aromatic nitrogens is 5. The number of rotatable bonds is 6. The van der Waals surface area contributed by atoms with E-state index in [0.29, 0.717) is 5.92 Å². The molecule has 136 valence electrons. The van der Waals surface area contributed by atoms with E-state index >= 15 is 0 Å². The maximum atomic E-state index is 4.87. The fourth-order valence-electron chi connectivity index (χ4n) is 3.88. The lowest BCUT2D eigenvalue weighted by Crippen LogP contribution is -2.35. The molecule has 1 fully saturated rings. The first-order chi connectivity index (χ1) is 12.7. The molecule has 0 saturated carbocycles. The first kappa shape index (κ1) is 17.0. The van der Waals surface area contributed by atoms with Crippen LogP contribution in [0.3, 0.4) is 0 Å². The Morgan fingerprint density at radius 3 is 2.73 bits per heavy atom. The largest absolute Gasteiger partial charge is 0.323 e. The van der Waals surface area contributed by atoms with Crippen molar-refractivity contribution in [3.05, 3.63) is 54.9 Å². The van der Waals surface area contributed by atoms with Crippen molar-refractivity contribution in [2.45, 2.75) is 32.4 Å². The maximum Gasteiger partial charge on any atom is 0.132 e. The summed E-state index contributed by atoms with van der Waals surface area (Å²) in [6, 6.07) is 8.36. The molecule has 0 atom stereocenters. The summed E-state index contributed by atoms with van der Waals surface area (Å²) in [6.07, 6.45) is 7.17. The SMILES string of the molecule is C=CCn1c(CN2CCC(Cc3nncn3C)CC2)nc2ccccc21. The van der Waals surface area contributed by atoms with Crippen molar-refractivity contribution in [1.29, 1.82) is 0 Å². The van der Waals surface area contributed by atoms with Gasteiger partial charge in [0, 0.05) is 20.0 Å². The van der Waals surface area contributed by atoms with Crippen molar-refractivity contribution in [1.82, 2.24) is 29.2 Å². The van der Waals surface area contributed by atoms with E-state index < -0.39 is 0 Å². The van der Waals surface area contributed by atoms with Gasteiger partial charge in [0.05, 0.1) is 17.6 Å². The second-order valence-electron chi connectivity index (χ2n) is 7.20. The number of nitrogens with zero attached hydrogens (tertiary/aromatic N) is 6. The molecule has 1 saturated heterocycles. The zero-order valence-electron chi connectivity index (χ0n) is 15.4. The highest BCUT2D eigenvalue weighted by molar-refractivity contribution is 5.75. The predicted octanol–water partition coefficient (Wildman–Crippen LogP) is 2.81. The lowest BCUT2D eigenvalue weighted by molar-refractivity contribution is 0.170. The van der Waals surface area contributed by atoms with E-state index in [1.54, 1.807) is 6.33 Å². The van der Waals surface area contributed by atoms with Crippen LogP contribution in [0.5, 0.6) is 0 Å². The van der Waals surface area contributed by atoms with E-state index in [1.165, 1.54) is 18.4 Å². The number of imidazole rings is 1. The van der Waals surface area contributed by atoms with Gasteiger partial charge in [-0.3, -0.25) is 4.90 Å². The first-order valence-electron chi connectivity index (χ1n) is 9.35. The molecule has 3 heterocycles. The van der Waals surface area contributed by atoms with Crippen LogP contribution in [0.1, 0.15) is 24.5 Å². The molecule has 6 heteroatoms. The van der Waals surface area contributed by atoms with Gasteiger partial charge in [0.1, 0.15) is 18.0 Å². The van der Waals surface area contributed by atoms with Gasteiger partial charge in [-0.05, 0) is 44.0 Å². The van der Waals surface area contributed by atoms with Crippen molar-refractivity contribution in [3.63, 3.8) is 0 Å². The smallest absolute Gasteiger partial charge is 0.132 e. The monoisotopic (exact) mass is 350 g/mol. The average Bonchev–Trinajstić information content (AvgIpc) is 3.21. The minimum atomic E-state index is 0.696.